The van der Waals surface area contributed by atoms with Gasteiger partial charge in [-0.05, 0) is 12.8 Å². The van der Waals surface area contributed by atoms with Crippen molar-refractivity contribution in [3.63, 3.8) is 0 Å². The van der Waals surface area contributed by atoms with E-state index in [2.05, 4.69) is 0 Å². The zero-order chi connectivity index (χ0) is 11.2. The summed E-state index contributed by atoms with van der Waals surface area (Å²) in [6.45, 7) is 4.10. The SMILES string of the molecule is CC1=CC2COC(=O)C2C(C(=O)O)C1C. The predicted molar refractivity (Wildman–Crippen MR) is 52.0 cm³/mol. The molecule has 2 aliphatic rings. The van der Waals surface area contributed by atoms with Gasteiger partial charge in [-0.15, -0.1) is 0 Å². The molecule has 4 unspecified atom stereocenters. The molecule has 0 spiro atoms. The Morgan fingerprint density at radius 3 is 2.87 bits per heavy atom. The standard InChI is InChI=1S/C11H14O4/c1-5-3-7-4-15-11(14)9(7)8(6(5)2)10(12)13/h3,6-9H,4H2,1-2H3,(H,12,13). The Hall–Kier alpha value is -1.32. The van der Waals surface area contributed by atoms with Crippen LogP contribution in [0.4, 0.5) is 0 Å². The first kappa shape index (κ1) is 10.2. The maximum Gasteiger partial charge on any atom is 0.310 e. The van der Waals surface area contributed by atoms with E-state index in [1.807, 2.05) is 19.9 Å². The predicted octanol–water partition coefficient (Wildman–Crippen LogP) is 1.07. The molecular formula is C11H14O4. The summed E-state index contributed by atoms with van der Waals surface area (Å²) in [5.74, 6) is -2.51. The van der Waals surface area contributed by atoms with Gasteiger partial charge in [0, 0.05) is 5.92 Å². The number of carbonyl (C=O) groups excluding carboxylic acids is 1. The van der Waals surface area contributed by atoms with Crippen molar-refractivity contribution in [2.75, 3.05) is 6.61 Å². The van der Waals surface area contributed by atoms with Crippen LogP contribution in [0.3, 0.4) is 0 Å². The quantitative estimate of drug-likeness (QED) is 0.519. The number of esters is 1. The second-order valence-corrected chi connectivity index (χ2v) is 4.38. The Kier molecular flexibility index (Phi) is 2.29. The number of carbonyl (C=O) groups is 2. The lowest BCUT2D eigenvalue weighted by atomic mass is 9.69. The van der Waals surface area contributed by atoms with Crippen LogP contribution in [0, 0.1) is 23.7 Å². The highest BCUT2D eigenvalue weighted by Crippen LogP contribution is 2.42. The van der Waals surface area contributed by atoms with Gasteiger partial charge in [-0.2, -0.15) is 0 Å². The topological polar surface area (TPSA) is 63.6 Å². The Morgan fingerprint density at radius 1 is 1.60 bits per heavy atom. The molecule has 1 saturated heterocycles. The fourth-order valence-electron chi connectivity index (χ4n) is 2.57. The van der Waals surface area contributed by atoms with Crippen LogP contribution in [-0.2, 0) is 14.3 Å². The maximum atomic E-state index is 11.5. The van der Waals surface area contributed by atoms with Gasteiger partial charge in [0.25, 0.3) is 0 Å². The summed E-state index contributed by atoms with van der Waals surface area (Å²) in [6.07, 6.45) is 1.99. The van der Waals surface area contributed by atoms with Crippen LogP contribution in [0.5, 0.6) is 0 Å². The van der Waals surface area contributed by atoms with Crippen LogP contribution in [0.25, 0.3) is 0 Å². The number of ether oxygens (including phenoxy) is 1. The molecule has 0 aromatic carbocycles. The molecule has 0 radical (unpaired) electrons. The monoisotopic (exact) mass is 210 g/mol. The van der Waals surface area contributed by atoms with Gasteiger partial charge in [-0.1, -0.05) is 18.6 Å². The zero-order valence-electron chi connectivity index (χ0n) is 8.77. The maximum absolute atomic E-state index is 11.5. The molecule has 0 bridgehead atoms. The second-order valence-electron chi connectivity index (χ2n) is 4.38. The summed E-state index contributed by atoms with van der Waals surface area (Å²) in [6, 6.07) is 0. The van der Waals surface area contributed by atoms with Crippen LogP contribution < -0.4 is 0 Å². The van der Waals surface area contributed by atoms with E-state index in [1.54, 1.807) is 0 Å². The normalized spacial score (nSPS) is 39.3. The van der Waals surface area contributed by atoms with E-state index in [4.69, 9.17) is 9.84 Å². The van der Waals surface area contributed by atoms with E-state index in [0.29, 0.717) is 6.61 Å². The number of carboxylic acid groups (broad SMARTS) is 1. The van der Waals surface area contributed by atoms with Crippen LogP contribution in [0.15, 0.2) is 11.6 Å². The van der Waals surface area contributed by atoms with E-state index >= 15 is 0 Å². The molecule has 1 fully saturated rings. The van der Waals surface area contributed by atoms with Gasteiger partial charge in [-0.3, -0.25) is 9.59 Å². The van der Waals surface area contributed by atoms with Gasteiger partial charge in [0.1, 0.15) is 0 Å². The van der Waals surface area contributed by atoms with Gasteiger partial charge in [-0.25, -0.2) is 0 Å². The van der Waals surface area contributed by atoms with Crippen molar-refractivity contribution in [3.8, 4) is 0 Å². The Bertz CT molecular complexity index is 344. The zero-order valence-corrected chi connectivity index (χ0v) is 8.77. The molecule has 15 heavy (non-hydrogen) atoms. The fourth-order valence-corrected chi connectivity index (χ4v) is 2.57. The van der Waals surface area contributed by atoms with Crippen molar-refractivity contribution < 1.29 is 19.4 Å². The number of hydrogen-bond acceptors (Lipinski definition) is 3. The Morgan fingerprint density at radius 2 is 2.27 bits per heavy atom. The van der Waals surface area contributed by atoms with Crippen molar-refractivity contribution in [1.29, 1.82) is 0 Å². The molecule has 0 amide bonds. The van der Waals surface area contributed by atoms with Crippen molar-refractivity contribution in [3.05, 3.63) is 11.6 Å². The summed E-state index contributed by atoms with van der Waals surface area (Å²) in [7, 11) is 0. The first-order chi connectivity index (χ1) is 7.02. The second kappa shape index (κ2) is 3.36. The summed E-state index contributed by atoms with van der Waals surface area (Å²) >= 11 is 0. The summed E-state index contributed by atoms with van der Waals surface area (Å²) in [5, 5.41) is 9.16. The molecule has 1 aliphatic heterocycles. The lowest BCUT2D eigenvalue weighted by Crippen LogP contribution is -2.38. The summed E-state index contributed by atoms with van der Waals surface area (Å²) < 4.78 is 4.93. The minimum atomic E-state index is -0.899. The molecule has 1 aliphatic carbocycles. The Labute approximate surface area is 87.9 Å². The molecule has 4 heteroatoms. The number of allylic oxidation sites excluding steroid dienone is 1. The van der Waals surface area contributed by atoms with E-state index in [9.17, 15) is 9.59 Å². The fraction of sp³-hybridized carbons (Fsp3) is 0.636. The lowest BCUT2D eigenvalue weighted by molar-refractivity contribution is -0.153. The Balaban J connectivity index is 2.40. The van der Waals surface area contributed by atoms with Crippen molar-refractivity contribution in [2.24, 2.45) is 23.7 Å². The third kappa shape index (κ3) is 1.44. The molecule has 4 atom stereocenters. The van der Waals surface area contributed by atoms with Crippen molar-refractivity contribution >= 4 is 11.9 Å². The first-order valence-electron chi connectivity index (χ1n) is 5.10. The van der Waals surface area contributed by atoms with Gasteiger partial charge >= 0.3 is 11.9 Å². The molecular weight excluding hydrogens is 196 g/mol. The number of fused-ring (bicyclic) bond motifs is 1. The number of hydrogen-bond donors (Lipinski definition) is 1. The molecule has 0 aromatic heterocycles. The van der Waals surface area contributed by atoms with Crippen LogP contribution in [0.1, 0.15) is 13.8 Å². The van der Waals surface area contributed by atoms with Crippen LogP contribution >= 0.6 is 0 Å². The van der Waals surface area contributed by atoms with Gasteiger partial charge < -0.3 is 9.84 Å². The van der Waals surface area contributed by atoms with Crippen LogP contribution in [-0.4, -0.2) is 23.7 Å². The summed E-state index contributed by atoms with van der Waals surface area (Å²) in [4.78, 5) is 22.6. The minimum Gasteiger partial charge on any atom is -0.481 e. The highest BCUT2D eigenvalue weighted by molar-refractivity contribution is 5.84. The minimum absolute atomic E-state index is 0.0465. The van der Waals surface area contributed by atoms with E-state index in [1.165, 1.54) is 0 Å². The smallest absolute Gasteiger partial charge is 0.310 e. The number of aliphatic carboxylic acids is 1. The highest BCUT2D eigenvalue weighted by Gasteiger charge is 2.49. The largest absolute Gasteiger partial charge is 0.481 e. The number of rotatable bonds is 1. The van der Waals surface area contributed by atoms with Crippen LogP contribution in [0.2, 0.25) is 0 Å². The van der Waals surface area contributed by atoms with E-state index in [0.717, 1.165) is 5.57 Å². The third-order valence-corrected chi connectivity index (χ3v) is 3.56. The molecule has 82 valence electrons. The highest BCUT2D eigenvalue weighted by atomic mass is 16.5. The molecule has 2 rings (SSSR count). The summed E-state index contributed by atoms with van der Waals surface area (Å²) in [5.41, 5.74) is 1.04. The average molecular weight is 210 g/mol. The lowest BCUT2D eigenvalue weighted by Gasteiger charge is -2.31. The van der Waals surface area contributed by atoms with Gasteiger partial charge in [0.2, 0.25) is 0 Å². The number of carboxylic acids is 1. The molecule has 0 aromatic rings. The van der Waals surface area contributed by atoms with E-state index < -0.39 is 17.8 Å². The van der Waals surface area contributed by atoms with E-state index in [-0.39, 0.29) is 17.8 Å². The molecule has 4 nitrogen and oxygen atoms in total. The molecule has 1 N–H and O–H groups in total. The van der Waals surface area contributed by atoms with Gasteiger partial charge in [0.05, 0.1) is 18.4 Å². The molecule has 1 heterocycles. The van der Waals surface area contributed by atoms with Crippen molar-refractivity contribution in [2.45, 2.75) is 13.8 Å². The van der Waals surface area contributed by atoms with Gasteiger partial charge in [0.15, 0.2) is 0 Å². The number of cyclic esters (lactones) is 1. The first-order valence-corrected chi connectivity index (χ1v) is 5.10. The van der Waals surface area contributed by atoms with Crippen molar-refractivity contribution in [1.82, 2.24) is 0 Å². The third-order valence-electron chi connectivity index (χ3n) is 3.56. The molecule has 0 saturated carbocycles. The average Bonchev–Trinajstić information content (AvgIpc) is 2.49.